The molecule has 3 aromatic rings. The third-order valence-corrected chi connectivity index (χ3v) is 9.43. The molecular formula is C24H26N4O3S2. The fourth-order valence-electron chi connectivity index (χ4n) is 4.42. The summed E-state index contributed by atoms with van der Waals surface area (Å²) in [5.74, 6) is 2.03. The molecule has 1 aromatic heterocycles. The second kappa shape index (κ2) is 9.30. The van der Waals surface area contributed by atoms with Gasteiger partial charge in [0.15, 0.2) is 15.7 Å². The lowest BCUT2D eigenvalue weighted by molar-refractivity contribution is 0.102. The van der Waals surface area contributed by atoms with E-state index in [0.717, 1.165) is 47.9 Å². The second-order valence-corrected chi connectivity index (χ2v) is 12.1. The summed E-state index contributed by atoms with van der Waals surface area (Å²) in [6.45, 7) is 0.912. The Morgan fingerprint density at radius 2 is 1.94 bits per heavy atom. The molecular weight excluding hydrogens is 456 g/mol. The molecule has 2 aliphatic heterocycles. The summed E-state index contributed by atoms with van der Waals surface area (Å²) in [4.78, 5) is 13.9. The minimum Gasteiger partial charge on any atom is -0.322 e. The molecule has 2 aliphatic rings. The predicted octanol–water partition coefficient (Wildman–Crippen LogP) is 4.20. The van der Waals surface area contributed by atoms with Gasteiger partial charge in [-0.3, -0.25) is 4.79 Å². The van der Waals surface area contributed by atoms with Gasteiger partial charge in [0.25, 0.3) is 5.91 Å². The highest BCUT2D eigenvalue weighted by molar-refractivity contribution is 8.02. The first kappa shape index (κ1) is 22.2. The van der Waals surface area contributed by atoms with E-state index < -0.39 is 9.84 Å². The highest BCUT2D eigenvalue weighted by Crippen LogP contribution is 2.33. The number of hydrogen-bond acceptors (Lipinski definition) is 6. The van der Waals surface area contributed by atoms with E-state index in [9.17, 15) is 13.2 Å². The Balaban J connectivity index is 1.35. The number of sulfone groups is 1. The minimum atomic E-state index is -2.97. The van der Waals surface area contributed by atoms with E-state index >= 15 is 0 Å². The standard InChI is InChI=1S/C24H26N4O3S2/c29-24(20-9-3-4-10-21(20)32-19-12-14-33(30,31)16-19)25-18-8-6-7-17(15-18)23-27-26-22-11-2-1-5-13-28(22)23/h3-4,6-10,15,19H,1-2,5,11-14,16H2,(H,25,29)/t19-/m0/s1. The Hall–Kier alpha value is -2.65. The van der Waals surface area contributed by atoms with Gasteiger partial charge in [0.1, 0.15) is 5.82 Å². The Kier molecular flexibility index (Phi) is 6.25. The number of nitrogens with zero attached hydrogens (tertiary/aromatic N) is 3. The van der Waals surface area contributed by atoms with Crippen molar-refractivity contribution >= 4 is 33.2 Å². The third kappa shape index (κ3) is 4.99. The largest absolute Gasteiger partial charge is 0.322 e. The Morgan fingerprint density at radius 1 is 1.06 bits per heavy atom. The van der Waals surface area contributed by atoms with Crippen molar-refractivity contribution < 1.29 is 13.2 Å². The number of aryl methyl sites for hydroxylation is 1. The van der Waals surface area contributed by atoms with E-state index in [1.54, 1.807) is 6.07 Å². The predicted molar refractivity (Wildman–Crippen MR) is 130 cm³/mol. The van der Waals surface area contributed by atoms with Gasteiger partial charge in [-0.1, -0.05) is 30.7 Å². The molecule has 0 aliphatic carbocycles. The second-order valence-electron chi connectivity index (χ2n) is 8.58. The lowest BCUT2D eigenvalue weighted by Crippen LogP contribution is -2.14. The van der Waals surface area contributed by atoms with Crippen LogP contribution < -0.4 is 5.32 Å². The van der Waals surface area contributed by atoms with Gasteiger partial charge < -0.3 is 9.88 Å². The lowest BCUT2D eigenvalue weighted by Gasteiger charge is -2.13. The lowest BCUT2D eigenvalue weighted by atomic mass is 10.1. The number of hydrogen-bond donors (Lipinski definition) is 1. The normalized spacial score (nSPS) is 19.6. The van der Waals surface area contributed by atoms with Crippen LogP contribution in [0.1, 0.15) is 41.9 Å². The molecule has 1 fully saturated rings. The summed E-state index contributed by atoms with van der Waals surface area (Å²) in [6.07, 6.45) is 5.01. The fraction of sp³-hybridized carbons (Fsp3) is 0.375. The zero-order valence-corrected chi connectivity index (χ0v) is 19.9. The molecule has 1 saturated heterocycles. The minimum absolute atomic E-state index is 0.0181. The smallest absolute Gasteiger partial charge is 0.256 e. The molecule has 9 heteroatoms. The highest BCUT2D eigenvalue weighted by atomic mass is 32.2. The molecule has 1 N–H and O–H groups in total. The Labute approximate surface area is 197 Å². The number of benzene rings is 2. The van der Waals surface area contributed by atoms with Crippen molar-refractivity contribution in [3.63, 3.8) is 0 Å². The van der Waals surface area contributed by atoms with E-state index in [2.05, 4.69) is 20.1 Å². The molecule has 7 nitrogen and oxygen atoms in total. The van der Waals surface area contributed by atoms with Crippen LogP contribution in [0.5, 0.6) is 0 Å². The van der Waals surface area contributed by atoms with Gasteiger partial charge in [-0.05, 0) is 43.5 Å². The number of fused-ring (bicyclic) bond motifs is 1. The number of amides is 1. The molecule has 0 saturated carbocycles. The van der Waals surface area contributed by atoms with Crippen molar-refractivity contribution in [2.75, 3.05) is 16.8 Å². The molecule has 0 radical (unpaired) electrons. The van der Waals surface area contributed by atoms with Crippen LogP contribution >= 0.6 is 11.8 Å². The molecule has 1 amide bonds. The van der Waals surface area contributed by atoms with Crippen molar-refractivity contribution in [3.8, 4) is 11.4 Å². The number of carbonyl (C=O) groups is 1. The zero-order valence-electron chi connectivity index (χ0n) is 18.2. The maximum absolute atomic E-state index is 13.1. The summed E-state index contributed by atoms with van der Waals surface area (Å²) in [7, 11) is -2.97. The number of aromatic nitrogens is 3. The number of nitrogens with one attached hydrogen (secondary N) is 1. The van der Waals surface area contributed by atoms with Crippen molar-refractivity contribution in [2.45, 2.75) is 48.8 Å². The van der Waals surface area contributed by atoms with Gasteiger partial charge in [0, 0.05) is 34.4 Å². The van der Waals surface area contributed by atoms with Crippen molar-refractivity contribution in [1.29, 1.82) is 0 Å². The molecule has 2 aromatic carbocycles. The SMILES string of the molecule is O=C(Nc1cccc(-c2nnc3n2CCCCC3)c1)c1ccccc1S[C@H]1CCS(=O)(=O)C1. The zero-order chi connectivity index (χ0) is 22.8. The van der Waals surface area contributed by atoms with Crippen LogP contribution in [0.25, 0.3) is 11.4 Å². The summed E-state index contributed by atoms with van der Waals surface area (Å²) in [5.41, 5.74) is 2.16. The van der Waals surface area contributed by atoms with Crippen molar-refractivity contribution in [3.05, 3.63) is 59.9 Å². The quantitative estimate of drug-likeness (QED) is 0.586. The Bertz CT molecular complexity index is 1290. The molecule has 5 rings (SSSR count). The van der Waals surface area contributed by atoms with Crippen LogP contribution in [0.3, 0.4) is 0 Å². The number of rotatable bonds is 5. The maximum atomic E-state index is 13.1. The van der Waals surface area contributed by atoms with Gasteiger partial charge in [-0.15, -0.1) is 22.0 Å². The first-order valence-electron chi connectivity index (χ1n) is 11.3. The molecule has 33 heavy (non-hydrogen) atoms. The van der Waals surface area contributed by atoms with Gasteiger partial charge in [0.05, 0.1) is 17.1 Å². The summed E-state index contributed by atoms with van der Waals surface area (Å²) >= 11 is 1.48. The average Bonchev–Trinajstić information content (AvgIpc) is 3.27. The maximum Gasteiger partial charge on any atom is 0.256 e. The summed E-state index contributed by atoms with van der Waals surface area (Å²) < 4.78 is 25.8. The van der Waals surface area contributed by atoms with Gasteiger partial charge >= 0.3 is 0 Å². The van der Waals surface area contributed by atoms with Crippen molar-refractivity contribution in [1.82, 2.24) is 14.8 Å². The van der Waals surface area contributed by atoms with E-state index in [1.807, 2.05) is 42.5 Å². The molecule has 1 atom stereocenters. The number of anilines is 1. The van der Waals surface area contributed by atoms with Gasteiger partial charge in [0.2, 0.25) is 0 Å². The van der Waals surface area contributed by atoms with Crippen LogP contribution in [-0.2, 0) is 22.8 Å². The Morgan fingerprint density at radius 3 is 2.79 bits per heavy atom. The van der Waals surface area contributed by atoms with Crippen LogP contribution in [0, 0.1) is 0 Å². The van der Waals surface area contributed by atoms with Crippen LogP contribution in [0.15, 0.2) is 53.4 Å². The highest BCUT2D eigenvalue weighted by Gasteiger charge is 2.29. The third-order valence-electron chi connectivity index (χ3n) is 6.10. The van der Waals surface area contributed by atoms with Gasteiger partial charge in [-0.25, -0.2) is 8.42 Å². The summed E-state index contributed by atoms with van der Waals surface area (Å²) in [6, 6.07) is 15.1. The first-order chi connectivity index (χ1) is 16.0. The molecule has 3 heterocycles. The number of carbonyl (C=O) groups excluding carboxylic acids is 1. The van der Waals surface area contributed by atoms with E-state index in [1.165, 1.54) is 18.2 Å². The van der Waals surface area contributed by atoms with E-state index in [0.29, 0.717) is 17.7 Å². The molecule has 0 unspecified atom stereocenters. The first-order valence-corrected chi connectivity index (χ1v) is 14.0. The van der Waals surface area contributed by atoms with Crippen molar-refractivity contribution in [2.24, 2.45) is 0 Å². The van der Waals surface area contributed by atoms with Crippen LogP contribution in [0.2, 0.25) is 0 Å². The van der Waals surface area contributed by atoms with E-state index in [-0.39, 0.29) is 22.7 Å². The average molecular weight is 483 g/mol. The fourth-order valence-corrected chi connectivity index (χ4v) is 8.05. The van der Waals surface area contributed by atoms with Gasteiger partial charge in [-0.2, -0.15) is 0 Å². The molecule has 0 bridgehead atoms. The molecule has 172 valence electrons. The monoisotopic (exact) mass is 482 g/mol. The summed E-state index contributed by atoms with van der Waals surface area (Å²) in [5, 5.41) is 11.8. The molecule has 0 spiro atoms. The number of thioether (sulfide) groups is 1. The van der Waals surface area contributed by atoms with Crippen LogP contribution in [0.4, 0.5) is 5.69 Å². The topological polar surface area (TPSA) is 93.9 Å². The van der Waals surface area contributed by atoms with Crippen LogP contribution in [-0.4, -0.2) is 45.8 Å². The van der Waals surface area contributed by atoms with E-state index in [4.69, 9.17) is 0 Å².